The van der Waals surface area contributed by atoms with Crippen LogP contribution in [0.15, 0.2) is 48.5 Å². The maximum Gasteiger partial charge on any atom is 0.255 e. The highest BCUT2D eigenvalue weighted by molar-refractivity contribution is 6.00. The van der Waals surface area contributed by atoms with E-state index in [1.807, 2.05) is 6.07 Å². The fraction of sp³-hybridized carbons (Fsp3) is 0.250. The number of carbonyl (C=O) groups excluding carboxylic acids is 2. The van der Waals surface area contributed by atoms with Gasteiger partial charge in [0.25, 0.3) is 5.91 Å². The van der Waals surface area contributed by atoms with Crippen molar-refractivity contribution in [3.05, 3.63) is 71.0 Å². The number of carbonyl (C=O) groups is 2. The number of hydrogen-bond acceptors (Lipinski definition) is 3. The predicted octanol–water partition coefficient (Wildman–Crippen LogP) is 3.43. The summed E-state index contributed by atoms with van der Waals surface area (Å²) < 4.78 is 13.4. The lowest BCUT2D eigenvalue weighted by molar-refractivity contribution is 0.0636. The van der Waals surface area contributed by atoms with Crippen molar-refractivity contribution >= 4 is 11.7 Å². The van der Waals surface area contributed by atoms with E-state index in [1.54, 1.807) is 35.2 Å². The van der Waals surface area contributed by atoms with E-state index >= 15 is 0 Å². The smallest absolute Gasteiger partial charge is 0.255 e. The zero-order valence-electron chi connectivity index (χ0n) is 13.6. The van der Waals surface area contributed by atoms with Crippen LogP contribution in [-0.4, -0.2) is 29.7 Å². The van der Waals surface area contributed by atoms with Gasteiger partial charge in [-0.2, -0.15) is 5.26 Å². The van der Waals surface area contributed by atoms with Crippen LogP contribution in [0.3, 0.4) is 0 Å². The molecule has 0 bridgehead atoms. The monoisotopic (exact) mass is 336 g/mol. The minimum absolute atomic E-state index is 0.148. The Balaban J connectivity index is 1.78. The first-order valence-corrected chi connectivity index (χ1v) is 8.18. The Morgan fingerprint density at radius 2 is 1.96 bits per heavy atom. The Labute approximate surface area is 145 Å². The molecule has 0 saturated carbocycles. The van der Waals surface area contributed by atoms with E-state index in [0.29, 0.717) is 36.1 Å². The molecule has 2 aromatic rings. The summed E-state index contributed by atoms with van der Waals surface area (Å²) in [6.07, 6.45) is 1.37. The van der Waals surface area contributed by atoms with Gasteiger partial charge in [-0.15, -0.1) is 0 Å². The standard InChI is InChI=1S/C20H17FN2O2/c21-17-8-3-6-14(11-17)19(24)16-7-4-10-23(13-16)20(25)18-9-2-1-5-15(18)12-22/h1-3,5-6,8-9,11,16H,4,7,10,13H2/t16-/m0/s1. The first-order chi connectivity index (χ1) is 12.1. The molecule has 0 N–H and O–H groups in total. The summed E-state index contributed by atoms with van der Waals surface area (Å²) in [4.78, 5) is 27.0. The summed E-state index contributed by atoms with van der Waals surface area (Å²) in [6, 6.07) is 14.3. The highest BCUT2D eigenvalue weighted by Gasteiger charge is 2.30. The van der Waals surface area contributed by atoms with E-state index in [2.05, 4.69) is 0 Å². The number of nitrogens with zero attached hydrogens (tertiary/aromatic N) is 2. The number of hydrogen-bond donors (Lipinski definition) is 0. The maximum atomic E-state index is 13.4. The average molecular weight is 336 g/mol. The van der Waals surface area contributed by atoms with E-state index < -0.39 is 5.82 Å². The number of amides is 1. The lowest BCUT2D eigenvalue weighted by atomic mass is 9.89. The molecular formula is C20H17FN2O2. The van der Waals surface area contributed by atoms with Crippen molar-refractivity contribution in [1.29, 1.82) is 5.26 Å². The molecule has 25 heavy (non-hydrogen) atoms. The van der Waals surface area contributed by atoms with Crippen molar-refractivity contribution in [2.24, 2.45) is 5.92 Å². The largest absolute Gasteiger partial charge is 0.338 e. The number of likely N-dealkylation sites (tertiary alicyclic amines) is 1. The average Bonchev–Trinajstić information content (AvgIpc) is 2.67. The lowest BCUT2D eigenvalue weighted by Gasteiger charge is -2.32. The van der Waals surface area contributed by atoms with Crippen LogP contribution >= 0.6 is 0 Å². The number of piperidine rings is 1. The molecule has 5 heteroatoms. The quantitative estimate of drug-likeness (QED) is 0.807. The third-order valence-corrected chi connectivity index (χ3v) is 4.47. The molecule has 0 radical (unpaired) electrons. The summed E-state index contributed by atoms with van der Waals surface area (Å²) in [6.45, 7) is 0.833. The molecule has 1 heterocycles. The van der Waals surface area contributed by atoms with Crippen LogP contribution in [0.1, 0.15) is 39.1 Å². The van der Waals surface area contributed by atoms with Gasteiger partial charge in [0.2, 0.25) is 0 Å². The fourth-order valence-corrected chi connectivity index (χ4v) is 3.19. The second kappa shape index (κ2) is 7.27. The van der Waals surface area contributed by atoms with E-state index in [1.165, 1.54) is 18.2 Å². The van der Waals surface area contributed by atoms with Crippen LogP contribution < -0.4 is 0 Å². The summed E-state index contributed by atoms with van der Waals surface area (Å²) >= 11 is 0. The van der Waals surface area contributed by atoms with Gasteiger partial charge in [-0.1, -0.05) is 24.3 Å². The molecule has 1 atom stereocenters. The SMILES string of the molecule is N#Cc1ccccc1C(=O)N1CCC[C@H](C(=O)c2cccc(F)c2)C1. The molecule has 1 aliphatic heterocycles. The second-order valence-corrected chi connectivity index (χ2v) is 6.12. The van der Waals surface area contributed by atoms with Crippen LogP contribution in [0.25, 0.3) is 0 Å². The van der Waals surface area contributed by atoms with Crippen molar-refractivity contribution in [3.8, 4) is 6.07 Å². The zero-order valence-corrected chi connectivity index (χ0v) is 13.6. The van der Waals surface area contributed by atoms with Gasteiger partial charge in [-0.25, -0.2) is 4.39 Å². The van der Waals surface area contributed by atoms with Crippen molar-refractivity contribution in [1.82, 2.24) is 4.90 Å². The van der Waals surface area contributed by atoms with Gasteiger partial charge in [0.1, 0.15) is 5.82 Å². The molecule has 0 spiro atoms. The number of halogens is 1. The Bertz CT molecular complexity index is 857. The Hall–Kier alpha value is -3.00. The number of ketones is 1. The molecular weight excluding hydrogens is 319 g/mol. The first kappa shape index (κ1) is 16.8. The van der Waals surface area contributed by atoms with Gasteiger partial charge in [0.05, 0.1) is 17.2 Å². The molecule has 1 aliphatic rings. The third-order valence-electron chi connectivity index (χ3n) is 4.47. The van der Waals surface area contributed by atoms with Gasteiger partial charge in [-0.3, -0.25) is 9.59 Å². The Morgan fingerprint density at radius 1 is 1.16 bits per heavy atom. The summed E-state index contributed by atoms with van der Waals surface area (Å²) in [7, 11) is 0. The minimum atomic E-state index is -0.447. The summed E-state index contributed by atoms with van der Waals surface area (Å²) in [5.74, 6) is -1.19. The number of Topliss-reactive ketones (excluding diaryl/α,β-unsaturated/α-hetero) is 1. The van der Waals surface area contributed by atoms with Crippen LogP contribution in [0.4, 0.5) is 4.39 Å². The molecule has 0 aromatic heterocycles. The Kier molecular flexibility index (Phi) is 4.90. The number of rotatable bonds is 3. The molecule has 1 saturated heterocycles. The maximum absolute atomic E-state index is 13.4. The van der Waals surface area contributed by atoms with Gasteiger partial charge in [0, 0.05) is 24.6 Å². The van der Waals surface area contributed by atoms with Crippen LogP contribution in [0, 0.1) is 23.1 Å². The van der Waals surface area contributed by atoms with Crippen LogP contribution in [0.2, 0.25) is 0 Å². The number of benzene rings is 2. The molecule has 2 aromatic carbocycles. The van der Waals surface area contributed by atoms with Crippen molar-refractivity contribution in [2.75, 3.05) is 13.1 Å². The first-order valence-electron chi connectivity index (χ1n) is 8.18. The van der Waals surface area contributed by atoms with Gasteiger partial charge < -0.3 is 4.90 Å². The van der Waals surface area contributed by atoms with E-state index in [4.69, 9.17) is 0 Å². The zero-order chi connectivity index (χ0) is 17.8. The fourth-order valence-electron chi connectivity index (χ4n) is 3.19. The predicted molar refractivity (Wildman–Crippen MR) is 90.5 cm³/mol. The van der Waals surface area contributed by atoms with Crippen LogP contribution in [-0.2, 0) is 0 Å². The van der Waals surface area contributed by atoms with Crippen molar-refractivity contribution in [2.45, 2.75) is 12.8 Å². The van der Waals surface area contributed by atoms with Crippen molar-refractivity contribution < 1.29 is 14.0 Å². The molecule has 0 unspecified atom stereocenters. The van der Waals surface area contributed by atoms with E-state index in [-0.39, 0.29) is 24.2 Å². The van der Waals surface area contributed by atoms with Crippen molar-refractivity contribution in [3.63, 3.8) is 0 Å². The second-order valence-electron chi connectivity index (χ2n) is 6.12. The molecule has 3 rings (SSSR count). The molecule has 1 amide bonds. The third kappa shape index (κ3) is 3.58. The van der Waals surface area contributed by atoms with E-state index in [0.717, 1.165) is 0 Å². The van der Waals surface area contributed by atoms with Gasteiger partial charge in [0.15, 0.2) is 5.78 Å². The normalized spacial score (nSPS) is 17.0. The molecule has 1 fully saturated rings. The molecule has 126 valence electrons. The summed E-state index contributed by atoms with van der Waals surface area (Å²) in [5, 5.41) is 9.17. The molecule has 4 nitrogen and oxygen atoms in total. The number of nitriles is 1. The lowest BCUT2D eigenvalue weighted by Crippen LogP contribution is -2.42. The van der Waals surface area contributed by atoms with Gasteiger partial charge >= 0.3 is 0 Å². The minimum Gasteiger partial charge on any atom is -0.338 e. The highest BCUT2D eigenvalue weighted by atomic mass is 19.1. The van der Waals surface area contributed by atoms with E-state index in [9.17, 15) is 19.2 Å². The Morgan fingerprint density at radius 3 is 2.72 bits per heavy atom. The van der Waals surface area contributed by atoms with Gasteiger partial charge in [-0.05, 0) is 37.1 Å². The van der Waals surface area contributed by atoms with Crippen LogP contribution in [0.5, 0.6) is 0 Å². The summed E-state index contributed by atoms with van der Waals surface area (Å²) in [5.41, 5.74) is 1.01. The topological polar surface area (TPSA) is 61.2 Å². The highest BCUT2D eigenvalue weighted by Crippen LogP contribution is 2.23. The molecule has 0 aliphatic carbocycles.